The van der Waals surface area contributed by atoms with E-state index in [4.69, 9.17) is 15.2 Å². The van der Waals surface area contributed by atoms with E-state index in [0.717, 1.165) is 0 Å². The number of ether oxygens (including phenoxy) is 2. The fourth-order valence-electron chi connectivity index (χ4n) is 4.83. The van der Waals surface area contributed by atoms with Crippen molar-refractivity contribution in [1.82, 2.24) is 9.97 Å². The molecule has 0 bridgehead atoms. The lowest BCUT2D eigenvalue weighted by Gasteiger charge is -2.35. The Morgan fingerprint density at radius 2 is 1.68 bits per heavy atom. The average Bonchev–Trinajstić information content (AvgIpc) is 3.43. The van der Waals surface area contributed by atoms with Gasteiger partial charge < -0.3 is 25.3 Å². The topological polar surface area (TPSA) is 172 Å². The molecule has 0 radical (unpaired) electrons. The van der Waals surface area contributed by atoms with Gasteiger partial charge in [0.05, 0.1) is 53.9 Å². The molecular formula is C30H23N5O6. The fourth-order valence-corrected chi connectivity index (χ4v) is 4.83. The van der Waals surface area contributed by atoms with Crippen LogP contribution in [-0.2, 0) is 19.1 Å². The Kier molecular flexibility index (Phi) is 6.97. The molecule has 11 nitrogen and oxygen atoms in total. The van der Waals surface area contributed by atoms with E-state index in [9.17, 15) is 24.8 Å². The molecule has 3 aromatic carbocycles. The van der Waals surface area contributed by atoms with Crippen molar-refractivity contribution in [3.05, 3.63) is 107 Å². The number of carbonyl (C=O) groups excluding carboxylic acids is 2. The lowest BCUT2D eigenvalue weighted by Crippen LogP contribution is -2.40. The van der Waals surface area contributed by atoms with Crippen molar-refractivity contribution in [3.8, 4) is 17.5 Å². The summed E-state index contributed by atoms with van der Waals surface area (Å²) in [4.78, 5) is 46.7. The van der Waals surface area contributed by atoms with Gasteiger partial charge in [0.15, 0.2) is 0 Å². The summed E-state index contributed by atoms with van der Waals surface area (Å²) in [6.45, 7) is 0. The number of hydrogen-bond acceptors (Lipinski definition) is 9. The molecule has 0 saturated carbocycles. The zero-order chi connectivity index (χ0) is 29.3. The van der Waals surface area contributed by atoms with Crippen LogP contribution in [0.2, 0.25) is 0 Å². The number of H-pyrrole nitrogens is 1. The molecule has 204 valence electrons. The van der Waals surface area contributed by atoms with Crippen LogP contribution in [0.15, 0.2) is 95.5 Å². The number of aromatic carboxylic acids is 1. The second-order valence-electron chi connectivity index (χ2n) is 9.00. The van der Waals surface area contributed by atoms with E-state index in [0.29, 0.717) is 33.7 Å². The highest BCUT2D eigenvalue weighted by Gasteiger charge is 2.43. The van der Waals surface area contributed by atoms with Crippen LogP contribution < -0.4 is 10.6 Å². The molecule has 41 heavy (non-hydrogen) atoms. The second kappa shape index (κ2) is 10.7. The number of allylic oxidation sites excluding steroid dienone is 1. The molecule has 0 aliphatic carbocycles. The molecule has 1 aromatic heterocycles. The van der Waals surface area contributed by atoms with Crippen LogP contribution in [0, 0.1) is 11.3 Å². The first-order chi connectivity index (χ1) is 19.8. The van der Waals surface area contributed by atoms with Gasteiger partial charge in [0.25, 0.3) is 0 Å². The largest absolute Gasteiger partial charge is 0.478 e. The zero-order valence-corrected chi connectivity index (χ0v) is 21.9. The number of carboxylic acid groups (broad SMARTS) is 1. The summed E-state index contributed by atoms with van der Waals surface area (Å²) in [5.41, 5.74) is 9.19. The Hall–Kier alpha value is -5.89. The summed E-state index contributed by atoms with van der Waals surface area (Å²) in [6.07, 6.45) is 0. The highest BCUT2D eigenvalue weighted by Crippen LogP contribution is 2.43. The third kappa shape index (κ3) is 4.63. The molecule has 0 amide bonds. The maximum absolute atomic E-state index is 13.2. The smallest absolute Gasteiger partial charge is 0.355 e. The normalized spacial score (nSPS) is 15.0. The number of hydrogen-bond donors (Lipinski definition) is 3. The molecule has 0 spiro atoms. The lowest BCUT2D eigenvalue weighted by atomic mass is 9.81. The number of rotatable bonds is 6. The number of carboxylic acids is 1. The Labute approximate surface area is 233 Å². The van der Waals surface area contributed by atoms with E-state index in [1.54, 1.807) is 60.7 Å². The third-order valence-electron chi connectivity index (χ3n) is 6.74. The minimum atomic E-state index is -1.05. The predicted molar refractivity (Wildman–Crippen MR) is 148 cm³/mol. The van der Waals surface area contributed by atoms with E-state index in [2.05, 4.69) is 16.0 Å². The minimum Gasteiger partial charge on any atom is -0.478 e. The molecule has 1 atom stereocenters. The van der Waals surface area contributed by atoms with Gasteiger partial charge in [-0.1, -0.05) is 30.3 Å². The van der Waals surface area contributed by atoms with Crippen LogP contribution in [0.1, 0.15) is 21.8 Å². The summed E-state index contributed by atoms with van der Waals surface area (Å²) in [6, 6.07) is 22.1. The lowest BCUT2D eigenvalue weighted by molar-refractivity contribution is -0.139. The number of nitrogens with zero attached hydrogens (tertiary/aromatic N) is 3. The van der Waals surface area contributed by atoms with Crippen molar-refractivity contribution in [2.75, 3.05) is 19.1 Å². The van der Waals surface area contributed by atoms with Gasteiger partial charge in [0.1, 0.15) is 17.3 Å². The first-order valence-corrected chi connectivity index (χ1v) is 12.3. The van der Waals surface area contributed by atoms with Gasteiger partial charge in [-0.25, -0.2) is 19.4 Å². The van der Waals surface area contributed by atoms with Gasteiger partial charge in [-0.3, -0.25) is 4.90 Å². The number of nitrogens with one attached hydrogen (secondary N) is 1. The summed E-state index contributed by atoms with van der Waals surface area (Å²) < 4.78 is 10.1. The number of anilines is 1. The number of imidazole rings is 1. The molecule has 0 saturated heterocycles. The number of benzene rings is 3. The quantitative estimate of drug-likeness (QED) is 0.300. The molecule has 2 heterocycles. The first-order valence-electron chi connectivity index (χ1n) is 12.3. The summed E-state index contributed by atoms with van der Waals surface area (Å²) in [5.74, 6) is -3.24. The molecule has 0 fully saturated rings. The Balaban J connectivity index is 1.65. The predicted octanol–water partition coefficient (Wildman–Crippen LogP) is 3.83. The second-order valence-corrected chi connectivity index (χ2v) is 9.00. The number of fused-ring (bicyclic) bond motifs is 1. The SMILES string of the molecule is COC(=O)C1=C(C(=O)OC)N(c2ccc(-c3nc4ccc(C(=O)O)cc4[nH]3)cc2)C(N)=C(C#N)C1c1ccccc1. The number of aromatic nitrogens is 2. The van der Waals surface area contributed by atoms with Crippen LogP contribution >= 0.6 is 0 Å². The molecule has 11 heteroatoms. The van der Waals surface area contributed by atoms with E-state index >= 15 is 0 Å². The number of nitriles is 1. The highest BCUT2D eigenvalue weighted by atomic mass is 16.5. The van der Waals surface area contributed by atoms with E-state index in [-0.39, 0.29) is 28.2 Å². The molecular weight excluding hydrogens is 526 g/mol. The monoisotopic (exact) mass is 549 g/mol. The van der Waals surface area contributed by atoms with Crippen LogP contribution in [0.5, 0.6) is 0 Å². The van der Waals surface area contributed by atoms with Gasteiger partial charge in [-0.15, -0.1) is 0 Å². The van der Waals surface area contributed by atoms with Crippen LogP contribution in [0.3, 0.4) is 0 Å². The molecule has 1 aliphatic heterocycles. The molecule has 4 N–H and O–H groups in total. The highest BCUT2D eigenvalue weighted by molar-refractivity contribution is 6.06. The van der Waals surface area contributed by atoms with Crippen molar-refractivity contribution < 1.29 is 29.0 Å². The molecule has 4 aromatic rings. The van der Waals surface area contributed by atoms with Gasteiger partial charge >= 0.3 is 17.9 Å². The third-order valence-corrected chi connectivity index (χ3v) is 6.74. The van der Waals surface area contributed by atoms with Crippen molar-refractivity contribution in [2.24, 2.45) is 5.73 Å². The van der Waals surface area contributed by atoms with Gasteiger partial charge in [0.2, 0.25) is 0 Å². The van der Waals surface area contributed by atoms with Gasteiger partial charge in [0, 0.05) is 11.3 Å². The fraction of sp³-hybridized carbons (Fsp3) is 0.100. The number of aromatic amines is 1. The van der Waals surface area contributed by atoms with E-state index < -0.39 is 23.8 Å². The number of methoxy groups -OCH3 is 2. The van der Waals surface area contributed by atoms with Crippen LogP contribution in [0.4, 0.5) is 5.69 Å². The number of carbonyl (C=O) groups is 3. The Morgan fingerprint density at radius 1 is 1.00 bits per heavy atom. The van der Waals surface area contributed by atoms with Gasteiger partial charge in [-0.05, 0) is 48.0 Å². The summed E-state index contributed by atoms with van der Waals surface area (Å²) >= 11 is 0. The number of nitrogens with two attached hydrogens (primary N) is 1. The average molecular weight is 550 g/mol. The molecule has 1 aliphatic rings. The number of esters is 2. The summed E-state index contributed by atoms with van der Waals surface area (Å²) in [5, 5.41) is 19.4. The Bertz CT molecular complexity index is 1800. The summed E-state index contributed by atoms with van der Waals surface area (Å²) in [7, 11) is 2.37. The van der Waals surface area contributed by atoms with Crippen molar-refractivity contribution in [1.29, 1.82) is 5.26 Å². The van der Waals surface area contributed by atoms with Gasteiger partial charge in [-0.2, -0.15) is 5.26 Å². The molecule has 5 rings (SSSR count). The Morgan fingerprint density at radius 3 is 2.29 bits per heavy atom. The first kappa shape index (κ1) is 26.7. The zero-order valence-electron chi connectivity index (χ0n) is 21.9. The maximum Gasteiger partial charge on any atom is 0.355 e. The van der Waals surface area contributed by atoms with Crippen LogP contribution in [-0.4, -0.2) is 47.2 Å². The van der Waals surface area contributed by atoms with Crippen molar-refractivity contribution >= 4 is 34.6 Å². The van der Waals surface area contributed by atoms with E-state index in [1.807, 2.05) is 0 Å². The van der Waals surface area contributed by atoms with Crippen molar-refractivity contribution in [3.63, 3.8) is 0 Å². The standard InChI is InChI=1S/C30H23N5O6/c1-40-29(38)24-23(16-6-4-3-5-7-16)20(15-31)26(32)35(25(24)30(39)41-2)19-11-8-17(9-12-19)27-33-21-13-10-18(28(36)37)14-22(21)34-27/h3-14,23H,32H2,1-2H3,(H,33,34)(H,36,37). The van der Waals surface area contributed by atoms with Crippen molar-refractivity contribution in [2.45, 2.75) is 5.92 Å². The molecule has 1 unspecified atom stereocenters. The maximum atomic E-state index is 13.2. The van der Waals surface area contributed by atoms with Crippen LogP contribution in [0.25, 0.3) is 22.4 Å². The van der Waals surface area contributed by atoms with E-state index in [1.165, 1.54) is 31.3 Å². The minimum absolute atomic E-state index is 0.0490.